The molecule has 1 aromatic carbocycles. The normalized spacial score (nSPS) is 16.6. The predicted octanol–water partition coefficient (Wildman–Crippen LogP) is 4.65. The van der Waals surface area contributed by atoms with Gasteiger partial charge in [0.05, 0.1) is 5.56 Å². The van der Waals surface area contributed by atoms with Gasteiger partial charge in [-0.1, -0.05) is 20.8 Å². The smallest absolute Gasteiger partial charge is 0.256 e. The second kappa shape index (κ2) is 7.43. The minimum absolute atomic E-state index is 0.184. The summed E-state index contributed by atoms with van der Waals surface area (Å²) in [6.07, 6.45) is 2.78. The highest BCUT2D eigenvalue weighted by Gasteiger charge is 2.33. The van der Waals surface area contributed by atoms with Crippen LogP contribution in [0.5, 0.6) is 0 Å². The maximum atomic E-state index is 13.1. The summed E-state index contributed by atoms with van der Waals surface area (Å²) < 4.78 is 13.1. The molecule has 0 aliphatic heterocycles. The van der Waals surface area contributed by atoms with Crippen molar-refractivity contribution in [2.75, 3.05) is 12.4 Å². The Kier molecular flexibility index (Phi) is 5.38. The summed E-state index contributed by atoms with van der Waals surface area (Å²) in [5.41, 5.74) is 2.18. The molecule has 2 amide bonds. The lowest BCUT2D eigenvalue weighted by Gasteiger charge is -2.33. The molecule has 1 atom stereocenters. The van der Waals surface area contributed by atoms with Crippen LogP contribution in [0.15, 0.2) is 24.3 Å². The fraction of sp³-hybridized carbons (Fsp3) is 0.429. The van der Waals surface area contributed by atoms with E-state index in [1.165, 1.54) is 40.5 Å². The second-order valence-corrected chi connectivity index (χ2v) is 9.16. The van der Waals surface area contributed by atoms with Crippen LogP contribution in [0.2, 0.25) is 0 Å². The summed E-state index contributed by atoms with van der Waals surface area (Å²) in [6, 6.07) is 5.38. The highest BCUT2D eigenvalue weighted by atomic mass is 32.1. The third kappa shape index (κ3) is 4.05. The Balaban J connectivity index is 1.93. The third-order valence-corrected chi connectivity index (χ3v) is 6.45. The SMILES string of the molecule is CNC(=O)c1c(NC(=O)c2ccc(F)cc2)sc2c1CC[C@@H](C(C)(C)C)C2. The number of nitrogens with one attached hydrogen (secondary N) is 2. The molecule has 0 fully saturated rings. The van der Waals surface area contributed by atoms with E-state index in [0.717, 1.165) is 24.8 Å². The van der Waals surface area contributed by atoms with E-state index in [1.807, 2.05) is 0 Å². The molecular weight excluding hydrogens is 363 g/mol. The van der Waals surface area contributed by atoms with Crippen LogP contribution < -0.4 is 10.6 Å². The Hall–Kier alpha value is -2.21. The van der Waals surface area contributed by atoms with Gasteiger partial charge in [0.2, 0.25) is 0 Å². The number of carbonyl (C=O) groups is 2. The molecule has 0 spiro atoms. The molecule has 1 aliphatic rings. The van der Waals surface area contributed by atoms with Crippen LogP contribution in [0, 0.1) is 17.2 Å². The van der Waals surface area contributed by atoms with Gasteiger partial charge in [-0.15, -0.1) is 11.3 Å². The fourth-order valence-electron chi connectivity index (χ4n) is 3.55. The summed E-state index contributed by atoms with van der Waals surface area (Å²) in [5.74, 6) is -0.374. The molecule has 2 N–H and O–H groups in total. The summed E-state index contributed by atoms with van der Waals surface area (Å²) in [7, 11) is 1.60. The molecular formula is C21H25FN2O2S. The van der Waals surface area contributed by atoms with Crippen molar-refractivity contribution in [2.24, 2.45) is 11.3 Å². The van der Waals surface area contributed by atoms with E-state index >= 15 is 0 Å². The third-order valence-electron chi connectivity index (χ3n) is 5.28. The molecule has 0 saturated heterocycles. The van der Waals surface area contributed by atoms with Crippen molar-refractivity contribution in [2.45, 2.75) is 40.0 Å². The number of benzene rings is 1. The minimum atomic E-state index is -0.391. The fourth-order valence-corrected chi connectivity index (χ4v) is 4.87. The van der Waals surface area contributed by atoms with E-state index < -0.39 is 5.82 Å². The van der Waals surface area contributed by atoms with Gasteiger partial charge in [-0.25, -0.2) is 4.39 Å². The quantitative estimate of drug-likeness (QED) is 0.804. The molecule has 144 valence electrons. The number of hydrogen-bond acceptors (Lipinski definition) is 3. The Bertz CT molecular complexity index is 866. The first-order valence-electron chi connectivity index (χ1n) is 9.14. The van der Waals surface area contributed by atoms with Gasteiger partial charge < -0.3 is 10.6 Å². The first-order chi connectivity index (χ1) is 12.7. The highest BCUT2D eigenvalue weighted by Crippen LogP contribution is 2.44. The lowest BCUT2D eigenvalue weighted by Crippen LogP contribution is -2.27. The zero-order valence-corrected chi connectivity index (χ0v) is 16.9. The number of amides is 2. The Morgan fingerprint density at radius 3 is 2.41 bits per heavy atom. The molecule has 6 heteroatoms. The van der Waals surface area contributed by atoms with Crippen molar-refractivity contribution in [1.82, 2.24) is 5.32 Å². The first kappa shape index (κ1) is 19.5. The molecule has 27 heavy (non-hydrogen) atoms. The van der Waals surface area contributed by atoms with Crippen LogP contribution in [-0.4, -0.2) is 18.9 Å². The molecule has 0 saturated carbocycles. The van der Waals surface area contributed by atoms with Crippen LogP contribution in [0.1, 0.15) is 58.3 Å². The molecule has 0 unspecified atom stereocenters. The van der Waals surface area contributed by atoms with Gasteiger partial charge in [-0.2, -0.15) is 0 Å². The molecule has 4 nitrogen and oxygen atoms in total. The summed E-state index contributed by atoms with van der Waals surface area (Å²) >= 11 is 1.48. The monoisotopic (exact) mass is 388 g/mol. The van der Waals surface area contributed by atoms with Gasteiger partial charge in [0, 0.05) is 17.5 Å². The van der Waals surface area contributed by atoms with Crippen molar-refractivity contribution in [1.29, 1.82) is 0 Å². The van der Waals surface area contributed by atoms with Gasteiger partial charge in [0.25, 0.3) is 11.8 Å². The molecule has 3 rings (SSSR count). The zero-order valence-electron chi connectivity index (χ0n) is 16.1. The van der Waals surface area contributed by atoms with Crippen molar-refractivity contribution < 1.29 is 14.0 Å². The molecule has 2 aromatic rings. The molecule has 1 aliphatic carbocycles. The average Bonchev–Trinajstić information content (AvgIpc) is 2.97. The van der Waals surface area contributed by atoms with Crippen molar-refractivity contribution in [3.05, 3.63) is 51.7 Å². The molecule has 1 heterocycles. The molecule has 1 aromatic heterocycles. The maximum Gasteiger partial charge on any atom is 0.256 e. The Morgan fingerprint density at radius 2 is 1.81 bits per heavy atom. The van der Waals surface area contributed by atoms with E-state index in [9.17, 15) is 14.0 Å². The highest BCUT2D eigenvalue weighted by molar-refractivity contribution is 7.17. The number of thiophene rings is 1. The van der Waals surface area contributed by atoms with Gasteiger partial charge >= 0.3 is 0 Å². The van der Waals surface area contributed by atoms with Crippen molar-refractivity contribution in [3.8, 4) is 0 Å². The van der Waals surface area contributed by atoms with Gasteiger partial charge in [-0.3, -0.25) is 9.59 Å². The van der Waals surface area contributed by atoms with Crippen molar-refractivity contribution in [3.63, 3.8) is 0 Å². The van der Waals surface area contributed by atoms with Gasteiger partial charge in [0.1, 0.15) is 10.8 Å². The van der Waals surface area contributed by atoms with E-state index in [2.05, 4.69) is 31.4 Å². The van der Waals surface area contributed by atoms with E-state index in [-0.39, 0.29) is 17.2 Å². The van der Waals surface area contributed by atoms with Gasteiger partial charge in [0.15, 0.2) is 0 Å². The Morgan fingerprint density at radius 1 is 1.15 bits per heavy atom. The number of anilines is 1. The number of halogens is 1. The summed E-state index contributed by atoms with van der Waals surface area (Å²) in [4.78, 5) is 26.2. The van der Waals surface area contributed by atoms with Crippen LogP contribution in [0.3, 0.4) is 0 Å². The Labute approximate surface area is 163 Å². The predicted molar refractivity (Wildman–Crippen MR) is 107 cm³/mol. The lowest BCUT2D eigenvalue weighted by atomic mass is 9.72. The topological polar surface area (TPSA) is 58.2 Å². The zero-order chi connectivity index (χ0) is 19.8. The van der Waals surface area contributed by atoms with Gasteiger partial charge in [-0.05, 0) is 60.4 Å². The average molecular weight is 389 g/mol. The van der Waals surface area contributed by atoms with Crippen LogP contribution >= 0.6 is 11.3 Å². The minimum Gasteiger partial charge on any atom is -0.355 e. The summed E-state index contributed by atoms with van der Waals surface area (Å²) in [5, 5.41) is 6.13. The molecule has 0 radical (unpaired) electrons. The van der Waals surface area contributed by atoms with Crippen LogP contribution in [0.25, 0.3) is 0 Å². The standard InChI is InChI=1S/C21H25FN2O2S/c1-21(2,3)13-7-10-15-16(11-13)27-20(17(15)19(26)23-4)24-18(25)12-5-8-14(22)9-6-12/h5-6,8-9,13H,7,10-11H2,1-4H3,(H,23,26)(H,24,25)/t13-/m1/s1. The van der Waals surface area contributed by atoms with E-state index in [0.29, 0.717) is 22.0 Å². The number of rotatable bonds is 3. The van der Waals surface area contributed by atoms with E-state index in [1.54, 1.807) is 7.05 Å². The second-order valence-electron chi connectivity index (χ2n) is 8.05. The largest absolute Gasteiger partial charge is 0.355 e. The maximum absolute atomic E-state index is 13.1. The number of carbonyl (C=O) groups excluding carboxylic acids is 2. The number of fused-ring (bicyclic) bond motifs is 1. The number of hydrogen-bond donors (Lipinski definition) is 2. The lowest BCUT2D eigenvalue weighted by molar-refractivity contribution is 0.0962. The van der Waals surface area contributed by atoms with Crippen molar-refractivity contribution >= 4 is 28.2 Å². The van der Waals surface area contributed by atoms with E-state index in [4.69, 9.17) is 0 Å². The first-order valence-corrected chi connectivity index (χ1v) is 9.96. The summed E-state index contributed by atoms with van der Waals surface area (Å²) in [6.45, 7) is 6.73. The van der Waals surface area contributed by atoms with Crippen LogP contribution in [0.4, 0.5) is 9.39 Å². The molecule has 0 bridgehead atoms. The van der Waals surface area contributed by atoms with Crippen LogP contribution in [-0.2, 0) is 12.8 Å².